The Bertz CT molecular complexity index is 375. The number of carbonyl (C=O) groups is 1. The van der Waals surface area contributed by atoms with Crippen LogP contribution >= 0.6 is 0 Å². The van der Waals surface area contributed by atoms with Crippen molar-refractivity contribution in [3.05, 3.63) is 18.2 Å². The lowest BCUT2D eigenvalue weighted by Gasteiger charge is -2.04. The van der Waals surface area contributed by atoms with E-state index in [0.29, 0.717) is 5.69 Å². The number of rotatable bonds is 6. The third-order valence-electron chi connectivity index (χ3n) is 1.83. The van der Waals surface area contributed by atoms with Crippen LogP contribution in [0.4, 0.5) is 0 Å². The number of aliphatic imine (C=N–C) groups is 1. The van der Waals surface area contributed by atoms with Crippen LogP contribution in [0, 0.1) is 0 Å². The first-order chi connectivity index (χ1) is 7.63. The molecule has 88 valence electrons. The average Bonchev–Trinajstić information content (AvgIpc) is 2.63. The first-order valence-electron chi connectivity index (χ1n) is 4.54. The van der Waals surface area contributed by atoms with Crippen LogP contribution in [-0.2, 0) is 28.0 Å². The molecular formula is C9H13N3O4. The predicted octanol–water partition coefficient (Wildman–Crippen LogP) is 0.0221. The first kappa shape index (κ1) is 12.2. The second kappa shape index (κ2) is 5.86. The zero-order valence-corrected chi connectivity index (χ0v) is 9.03. The molecule has 0 spiro atoms. The van der Waals surface area contributed by atoms with Gasteiger partial charge in [-0.15, -0.1) is 0 Å². The van der Waals surface area contributed by atoms with Crippen molar-refractivity contribution >= 4 is 12.4 Å². The molecule has 0 saturated carbocycles. The molecule has 16 heavy (non-hydrogen) atoms. The number of aliphatic carboxylic acids is 1. The molecule has 1 heterocycles. The van der Waals surface area contributed by atoms with Crippen molar-refractivity contribution < 1.29 is 19.7 Å². The number of nitrogens with zero attached hydrogens (tertiary/aromatic N) is 3. The van der Waals surface area contributed by atoms with Crippen molar-refractivity contribution in [1.82, 2.24) is 9.55 Å². The van der Waals surface area contributed by atoms with Crippen LogP contribution < -0.4 is 0 Å². The minimum absolute atomic E-state index is 0.208. The molecule has 0 aromatic carbocycles. The van der Waals surface area contributed by atoms with Gasteiger partial charge >= 0.3 is 5.97 Å². The van der Waals surface area contributed by atoms with Crippen LogP contribution in [0.3, 0.4) is 0 Å². The summed E-state index contributed by atoms with van der Waals surface area (Å²) in [7, 11) is 3.12. The number of hydrogen-bond donors (Lipinski definition) is 1. The van der Waals surface area contributed by atoms with Crippen LogP contribution in [0.2, 0.25) is 0 Å². The summed E-state index contributed by atoms with van der Waals surface area (Å²) in [6.45, 7) is 0. The fourth-order valence-corrected chi connectivity index (χ4v) is 1.12. The lowest BCUT2D eigenvalue weighted by molar-refractivity contribution is -0.188. The Hall–Kier alpha value is -1.89. The first-order valence-corrected chi connectivity index (χ1v) is 4.54. The molecule has 0 aliphatic rings. The van der Waals surface area contributed by atoms with Crippen molar-refractivity contribution in [2.45, 2.75) is 12.5 Å². The summed E-state index contributed by atoms with van der Waals surface area (Å²) in [5.74, 6) is -1.04. The molecule has 0 unspecified atom stereocenters. The topological polar surface area (TPSA) is 85.9 Å². The number of carboxylic acids is 1. The summed E-state index contributed by atoms with van der Waals surface area (Å²) in [5, 5.41) is 8.90. The second-order valence-electron chi connectivity index (χ2n) is 3.11. The third-order valence-corrected chi connectivity index (χ3v) is 1.83. The summed E-state index contributed by atoms with van der Waals surface area (Å²) in [4.78, 5) is 27.2. The molecule has 0 bridgehead atoms. The van der Waals surface area contributed by atoms with Crippen LogP contribution in [-0.4, -0.2) is 40.2 Å². The van der Waals surface area contributed by atoms with E-state index in [1.165, 1.54) is 7.11 Å². The monoisotopic (exact) mass is 227 g/mol. The smallest absolute Gasteiger partial charge is 0.328 e. The second-order valence-corrected chi connectivity index (χ2v) is 3.11. The minimum Gasteiger partial charge on any atom is -0.480 e. The van der Waals surface area contributed by atoms with Gasteiger partial charge in [0.15, 0.2) is 6.04 Å². The summed E-state index contributed by atoms with van der Waals surface area (Å²) in [5.41, 5.74) is 0.657. The third kappa shape index (κ3) is 3.70. The zero-order chi connectivity index (χ0) is 12.0. The largest absolute Gasteiger partial charge is 0.480 e. The number of aryl methyl sites for hydroxylation is 1. The van der Waals surface area contributed by atoms with Gasteiger partial charge in [-0.1, -0.05) is 0 Å². The highest BCUT2D eigenvalue weighted by molar-refractivity contribution is 5.75. The Morgan fingerprint density at radius 1 is 1.81 bits per heavy atom. The van der Waals surface area contributed by atoms with E-state index in [-0.39, 0.29) is 6.42 Å². The average molecular weight is 227 g/mol. The van der Waals surface area contributed by atoms with Crippen molar-refractivity contribution in [1.29, 1.82) is 0 Å². The molecule has 0 saturated heterocycles. The molecule has 0 radical (unpaired) electrons. The van der Waals surface area contributed by atoms with Gasteiger partial charge in [-0.3, -0.25) is 0 Å². The van der Waals surface area contributed by atoms with E-state index < -0.39 is 12.0 Å². The molecule has 0 aliphatic heterocycles. The van der Waals surface area contributed by atoms with E-state index in [9.17, 15) is 4.79 Å². The van der Waals surface area contributed by atoms with Gasteiger partial charge in [0.25, 0.3) is 0 Å². The van der Waals surface area contributed by atoms with Crippen molar-refractivity contribution in [2.75, 3.05) is 7.11 Å². The zero-order valence-electron chi connectivity index (χ0n) is 9.03. The fraction of sp³-hybridized carbons (Fsp3) is 0.444. The Kier molecular flexibility index (Phi) is 4.46. The van der Waals surface area contributed by atoms with E-state index in [1.807, 2.05) is 7.05 Å². The fourth-order valence-electron chi connectivity index (χ4n) is 1.12. The standard InChI is InChI=1S/C9H13N3O4/c1-12-4-7(10-5-12)3-8(9(13)14)11-6-16-15-2/h4-6,8H,3H2,1-2H3,(H,13,14)/t8-/m0/s1. The van der Waals surface area contributed by atoms with Crippen LogP contribution in [0.15, 0.2) is 17.5 Å². The van der Waals surface area contributed by atoms with E-state index >= 15 is 0 Å². The Morgan fingerprint density at radius 2 is 2.56 bits per heavy atom. The molecule has 1 aromatic heterocycles. The highest BCUT2D eigenvalue weighted by Gasteiger charge is 2.17. The normalized spacial score (nSPS) is 12.9. The van der Waals surface area contributed by atoms with E-state index in [0.717, 1.165) is 6.40 Å². The van der Waals surface area contributed by atoms with Gasteiger partial charge < -0.3 is 14.6 Å². The predicted molar refractivity (Wildman–Crippen MR) is 54.9 cm³/mol. The molecule has 1 rings (SSSR count). The van der Waals surface area contributed by atoms with E-state index in [2.05, 4.69) is 19.8 Å². The molecular weight excluding hydrogens is 214 g/mol. The van der Waals surface area contributed by atoms with Crippen LogP contribution in [0.5, 0.6) is 0 Å². The van der Waals surface area contributed by atoms with Gasteiger partial charge in [-0.25, -0.2) is 14.8 Å². The molecule has 1 N–H and O–H groups in total. The molecule has 1 aromatic rings. The van der Waals surface area contributed by atoms with Crippen molar-refractivity contribution in [3.8, 4) is 0 Å². The van der Waals surface area contributed by atoms with Gasteiger partial charge in [-0.2, -0.15) is 4.89 Å². The van der Waals surface area contributed by atoms with Crippen LogP contribution in [0.25, 0.3) is 0 Å². The number of aromatic nitrogens is 2. The highest BCUT2D eigenvalue weighted by Crippen LogP contribution is 2.03. The SMILES string of the molecule is COOC=N[C@@H](Cc1cn(C)cn1)C(=O)O. The molecule has 7 heteroatoms. The minimum atomic E-state index is -1.04. The lowest BCUT2D eigenvalue weighted by Crippen LogP contribution is -2.21. The van der Waals surface area contributed by atoms with Gasteiger partial charge in [0.1, 0.15) is 0 Å². The van der Waals surface area contributed by atoms with E-state index in [1.54, 1.807) is 17.1 Å². The Labute approximate surface area is 92.3 Å². The van der Waals surface area contributed by atoms with Crippen molar-refractivity contribution in [3.63, 3.8) is 0 Å². The van der Waals surface area contributed by atoms with Gasteiger partial charge in [0.2, 0.25) is 6.40 Å². The summed E-state index contributed by atoms with van der Waals surface area (Å²) < 4.78 is 1.74. The van der Waals surface area contributed by atoms with E-state index in [4.69, 9.17) is 5.11 Å². The molecule has 7 nitrogen and oxygen atoms in total. The summed E-state index contributed by atoms with van der Waals surface area (Å²) in [6, 6.07) is -0.926. The number of imidazole rings is 1. The van der Waals surface area contributed by atoms with Crippen molar-refractivity contribution in [2.24, 2.45) is 12.0 Å². The molecule has 0 fully saturated rings. The Balaban J connectivity index is 2.61. The van der Waals surface area contributed by atoms with Gasteiger partial charge in [0, 0.05) is 19.7 Å². The highest BCUT2D eigenvalue weighted by atomic mass is 17.2. The maximum absolute atomic E-state index is 10.9. The molecule has 1 atom stereocenters. The summed E-state index contributed by atoms with van der Waals surface area (Å²) in [6.07, 6.45) is 4.51. The van der Waals surface area contributed by atoms with Crippen LogP contribution in [0.1, 0.15) is 5.69 Å². The molecule has 0 amide bonds. The maximum Gasteiger partial charge on any atom is 0.328 e. The van der Waals surface area contributed by atoms with Gasteiger partial charge in [0.05, 0.1) is 19.1 Å². The number of carboxylic acid groups (broad SMARTS) is 1. The number of hydrogen-bond acceptors (Lipinski definition) is 5. The quantitative estimate of drug-likeness (QED) is 0.320. The maximum atomic E-state index is 10.9. The Morgan fingerprint density at radius 3 is 3.06 bits per heavy atom. The molecule has 0 aliphatic carbocycles. The summed E-state index contributed by atoms with van der Waals surface area (Å²) >= 11 is 0. The van der Waals surface area contributed by atoms with Gasteiger partial charge in [-0.05, 0) is 0 Å². The lowest BCUT2D eigenvalue weighted by atomic mass is 10.2.